The van der Waals surface area contributed by atoms with Gasteiger partial charge in [0.05, 0.1) is 5.69 Å². The Bertz CT molecular complexity index is 561. The molecule has 108 valence electrons. The van der Waals surface area contributed by atoms with Crippen LogP contribution in [0.2, 0.25) is 0 Å². The van der Waals surface area contributed by atoms with Gasteiger partial charge in [-0.15, -0.1) is 0 Å². The largest absolute Gasteiger partial charge is 0.369 e. The molecule has 0 fully saturated rings. The number of benzene rings is 1. The highest BCUT2D eigenvalue weighted by Crippen LogP contribution is 2.22. The Morgan fingerprint density at radius 1 is 1.10 bits per heavy atom. The summed E-state index contributed by atoms with van der Waals surface area (Å²) in [6.07, 6.45) is 0. The monoisotopic (exact) mass is 271 g/mol. The molecule has 0 atom stereocenters. The van der Waals surface area contributed by atoms with E-state index < -0.39 is 0 Å². The van der Waals surface area contributed by atoms with Crippen LogP contribution in [0.5, 0.6) is 0 Å². The summed E-state index contributed by atoms with van der Waals surface area (Å²) in [6, 6.07) is 11.1. The van der Waals surface area contributed by atoms with Crippen LogP contribution in [-0.4, -0.2) is 17.6 Å². The second-order valence-electron chi connectivity index (χ2n) is 5.99. The van der Waals surface area contributed by atoms with Crippen LogP contribution in [0.15, 0.2) is 30.3 Å². The number of nitrogens with one attached hydrogen (secondary N) is 2. The van der Waals surface area contributed by atoms with E-state index in [0.717, 1.165) is 24.6 Å². The minimum absolute atomic E-state index is 0.468. The number of hydrogen-bond donors (Lipinski definition) is 2. The van der Waals surface area contributed by atoms with Gasteiger partial charge in [-0.25, -0.2) is 4.98 Å². The van der Waals surface area contributed by atoms with E-state index in [-0.39, 0.29) is 0 Å². The maximum absolute atomic E-state index is 4.77. The first-order valence-corrected chi connectivity index (χ1v) is 7.42. The van der Waals surface area contributed by atoms with E-state index in [1.165, 1.54) is 10.8 Å². The lowest BCUT2D eigenvalue weighted by atomic mass is 10.1. The summed E-state index contributed by atoms with van der Waals surface area (Å²) in [5, 5.41) is 9.35. The molecule has 0 saturated carbocycles. The van der Waals surface area contributed by atoms with Gasteiger partial charge in [-0.3, -0.25) is 0 Å². The van der Waals surface area contributed by atoms with Crippen molar-refractivity contribution in [1.29, 1.82) is 0 Å². The smallest absolute Gasteiger partial charge is 0.134 e. The van der Waals surface area contributed by atoms with Crippen molar-refractivity contribution in [2.75, 3.05) is 11.9 Å². The molecule has 0 aliphatic heterocycles. The molecule has 2 aromatic rings. The summed E-state index contributed by atoms with van der Waals surface area (Å²) in [5.41, 5.74) is 1.09. The van der Waals surface area contributed by atoms with E-state index >= 15 is 0 Å². The van der Waals surface area contributed by atoms with Gasteiger partial charge in [-0.1, -0.05) is 52.0 Å². The fourth-order valence-corrected chi connectivity index (χ4v) is 2.09. The number of fused-ring (bicyclic) bond motifs is 1. The molecule has 1 aromatic carbocycles. The summed E-state index contributed by atoms with van der Waals surface area (Å²) in [6.45, 7) is 10.5. The third-order valence-corrected chi connectivity index (χ3v) is 3.16. The minimum Gasteiger partial charge on any atom is -0.369 e. The Kier molecular flexibility index (Phi) is 4.96. The van der Waals surface area contributed by atoms with Crippen LogP contribution in [0.25, 0.3) is 10.8 Å². The van der Waals surface area contributed by atoms with Crippen molar-refractivity contribution in [1.82, 2.24) is 10.3 Å². The second-order valence-corrected chi connectivity index (χ2v) is 5.99. The second kappa shape index (κ2) is 6.71. The Morgan fingerprint density at radius 3 is 2.55 bits per heavy atom. The third-order valence-electron chi connectivity index (χ3n) is 3.16. The van der Waals surface area contributed by atoms with Crippen LogP contribution in [0, 0.1) is 5.92 Å². The van der Waals surface area contributed by atoms with Gasteiger partial charge in [-0.2, -0.15) is 0 Å². The van der Waals surface area contributed by atoms with Crippen LogP contribution < -0.4 is 10.6 Å². The van der Waals surface area contributed by atoms with Crippen LogP contribution in [0.1, 0.15) is 33.4 Å². The molecule has 0 bridgehead atoms. The quantitative estimate of drug-likeness (QED) is 0.839. The maximum Gasteiger partial charge on any atom is 0.134 e. The zero-order valence-corrected chi connectivity index (χ0v) is 12.9. The first-order valence-electron chi connectivity index (χ1n) is 7.42. The fourth-order valence-electron chi connectivity index (χ4n) is 2.09. The fraction of sp³-hybridized carbons (Fsp3) is 0.471. The van der Waals surface area contributed by atoms with Crippen molar-refractivity contribution in [3.8, 4) is 0 Å². The highest BCUT2D eigenvalue weighted by atomic mass is 15.0. The van der Waals surface area contributed by atoms with Crippen molar-refractivity contribution in [2.45, 2.75) is 40.3 Å². The van der Waals surface area contributed by atoms with E-state index in [1.54, 1.807) is 0 Å². The Morgan fingerprint density at radius 2 is 1.85 bits per heavy atom. The molecule has 2 rings (SSSR count). The van der Waals surface area contributed by atoms with Gasteiger partial charge in [0.25, 0.3) is 0 Å². The first kappa shape index (κ1) is 14.8. The lowest BCUT2D eigenvalue weighted by Crippen LogP contribution is -2.22. The van der Waals surface area contributed by atoms with E-state index in [2.05, 4.69) is 68.7 Å². The van der Waals surface area contributed by atoms with Crippen molar-refractivity contribution < 1.29 is 0 Å². The number of aromatic nitrogens is 1. The highest BCUT2D eigenvalue weighted by molar-refractivity contribution is 5.92. The van der Waals surface area contributed by atoms with Gasteiger partial charge in [-0.05, 0) is 17.4 Å². The summed E-state index contributed by atoms with van der Waals surface area (Å²) >= 11 is 0. The van der Waals surface area contributed by atoms with Gasteiger partial charge >= 0.3 is 0 Å². The molecule has 0 aliphatic carbocycles. The van der Waals surface area contributed by atoms with Crippen molar-refractivity contribution in [3.05, 3.63) is 36.0 Å². The first-order chi connectivity index (χ1) is 9.56. The predicted molar refractivity (Wildman–Crippen MR) is 87.0 cm³/mol. The molecular formula is C17H25N3. The molecule has 0 unspecified atom stereocenters. The van der Waals surface area contributed by atoms with E-state index in [0.29, 0.717) is 12.0 Å². The number of nitrogens with zero attached hydrogens (tertiary/aromatic N) is 1. The lowest BCUT2D eigenvalue weighted by molar-refractivity contribution is 0.582. The molecule has 0 saturated heterocycles. The molecule has 3 heteroatoms. The van der Waals surface area contributed by atoms with Gasteiger partial charge in [0.15, 0.2) is 0 Å². The topological polar surface area (TPSA) is 37.0 Å². The number of rotatable bonds is 6. The molecule has 0 aliphatic rings. The van der Waals surface area contributed by atoms with Crippen LogP contribution in [-0.2, 0) is 6.54 Å². The molecule has 1 aromatic heterocycles. The maximum atomic E-state index is 4.77. The third kappa shape index (κ3) is 3.94. The molecule has 3 nitrogen and oxygen atoms in total. The standard InChI is InChI=1S/C17H25N3/c1-12(2)10-19-17-16-8-6-5-7-14(16)9-15(20-17)11-18-13(3)4/h5-9,12-13,18H,10-11H2,1-4H3,(H,19,20). The molecule has 1 heterocycles. The predicted octanol–water partition coefficient (Wildman–Crippen LogP) is 3.80. The van der Waals surface area contributed by atoms with Crippen molar-refractivity contribution in [3.63, 3.8) is 0 Å². The van der Waals surface area contributed by atoms with Gasteiger partial charge < -0.3 is 10.6 Å². The molecular weight excluding hydrogens is 246 g/mol. The average Bonchev–Trinajstić information content (AvgIpc) is 2.42. The van der Waals surface area contributed by atoms with E-state index in [9.17, 15) is 0 Å². The summed E-state index contributed by atoms with van der Waals surface area (Å²) in [4.78, 5) is 4.77. The van der Waals surface area contributed by atoms with Crippen LogP contribution >= 0.6 is 0 Å². The zero-order chi connectivity index (χ0) is 14.5. The van der Waals surface area contributed by atoms with Gasteiger partial charge in [0.2, 0.25) is 0 Å². The van der Waals surface area contributed by atoms with Crippen molar-refractivity contribution in [2.24, 2.45) is 5.92 Å². The Balaban J connectivity index is 2.31. The van der Waals surface area contributed by atoms with Crippen molar-refractivity contribution >= 4 is 16.6 Å². The normalized spacial score (nSPS) is 11.5. The molecule has 0 amide bonds. The minimum atomic E-state index is 0.468. The van der Waals surface area contributed by atoms with Gasteiger partial charge in [0, 0.05) is 24.5 Å². The summed E-state index contributed by atoms with van der Waals surface area (Å²) < 4.78 is 0. The Hall–Kier alpha value is -1.61. The number of pyridine rings is 1. The van der Waals surface area contributed by atoms with E-state index in [4.69, 9.17) is 4.98 Å². The number of anilines is 1. The van der Waals surface area contributed by atoms with Gasteiger partial charge in [0.1, 0.15) is 5.82 Å². The van der Waals surface area contributed by atoms with Crippen LogP contribution in [0.4, 0.5) is 5.82 Å². The molecule has 0 radical (unpaired) electrons. The SMILES string of the molecule is CC(C)CNc1nc(CNC(C)C)cc2ccccc12. The summed E-state index contributed by atoms with van der Waals surface area (Å²) in [5.74, 6) is 1.60. The molecule has 20 heavy (non-hydrogen) atoms. The molecule has 0 spiro atoms. The van der Waals surface area contributed by atoms with E-state index in [1.807, 2.05) is 0 Å². The Labute approximate surface area is 121 Å². The highest BCUT2D eigenvalue weighted by Gasteiger charge is 2.06. The number of hydrogen-bond acceptors (Lipinski definition) is 3. The average molecular weight is 271 g/mol. The zero-order valence-electron chi connectivity index (χ0n) is 12.9. The molecule has 2 N–H and O–H groups in total. The van der Waals surface area contributed by atoms with Crippen LogP contribution in [0.3, 0.4) is 0 Å². The summed E-state index contributed by atoms with van der Waals surface area (Å²) in [7, 11) is 0. The lowest BCUT2D eigenvalue weighted by Gasteiger charge is -2.14.